The van der Waals surface area contributed by atoms with Crippen LogP contribution in [0.1, 0.15) is 25.7 Å². The maximum atomic E-state index is 12.1. The molecule has 0 aromatic heterocycles. The fraction of sp³-hybridized carbons (Fsp3) is 0.923. The molecule has 2 rings (SSSR count). The summed E-state index contributed by atoms with van der Waals surface area (Å²) in [6.45, 7) is 4.03. The summed E-state index contributed by atoms with van der Waals surface area (Å²) in [5.74, 6) is 0.842. The van der Waals surface area contributed by atoms with E-state index in [4.69, 9.17) is 0 Å². The van der Waals surface area contributed by atoms with Gasteiger partial charge in [-0.3, -0.25) is 4.79 Å². The van der Waals surface area contributed by atoms with E-state index in [1.54, 1.807) is 0 Å². The van der Waals surface area contributed by atoms with Gasteiger partial charge in [-0.15, -0.1) is 0 Å². The van der Waals surface area contributed by atoms with Crippen molar-refractivity contribution in [2.45, 2.75) is 25.7 Å². The number of carbonyl (C=O) groups is 1. The summed E-state index contributed by atoms with van der Waals surface area (Å²) < 4.78 is 24.3. The van der Waals surface area contributed by atoms with Gasteiger partial charge in [-0.2, -0.15) is 4.31 Å². The Morgan fingerprint density at radius 1 is 1.15 bits per heavy atom. The first-order valence-electron chi connectivity index (χ1n) is 7.40. The summed E-state index contributed by atoms with van der Waals surface area (Å²) in [4.78, 5) is 13.9. The van der Waals surface area contributed by atoms with Crippen LogP contribution in [0.25, 0.3) is 0 Å². The quantitative estimate of drug-likeness (QED) is 0.785. The van der Waals surface area contributed by atoms with Gasteiger partial charge in [0.2, 0.25) is 15.9 Å². The lowest BCUT2D eigenvalue weighted by Crippen LogP contribution is -2.50. The predicted molar refractivity (Wildman–Crippen MR) is 77.8 cm³/mol. The third-order valence-corrected chi connectivity index (χ3v) is 5.59. The van der Waals surface area contributed by atoms with Gasteiger partial charge in [-0.05, 0) is 38.3 Å². The second-order valence-corrected chi connectivity index (χ2v) is 7.76. The molecule has 20 heavy (non-hydrogen) atoms. The van der Waals surface area contributed by atoms with Gasteiger partial charge in [0.25, 0.3) is 0 Å². The van der Waals surface area contributed by atoms with Gasteiger partial charge in [0.1, 0.15) is 0 Å². The second-order valence-electron chi connectivity index (χ2n) is 5.77. The maximum Gasteiger partial charge on any atom is 0.222 e. The zero-order chi connectivity index (χ0) is 14.6. The number of piperazine rings is 1. The third-order valence-electron chi connectivity index (χ3n) is 4.29. The van der Waals surface area contributed by atoms with Crippen molar-refractivity contribution in [3.05, 3.63) is 0 Å². The Bertz CT molecular complexity index is 424. The van der Waals surface area contributed by atoms with Crippen LogP contribution >= 0.6 is 0 Å². The standard InChI is InChI=1S/C13H25N3O3S/c1-20(18,19)16-10-8-15(9-11-16)13(17)3-2-12-4-6-14-7-5-12/h12,14H,2-11H2,1H3. The van der Waals surface area contributed by atoms with E-state index in [1.807, 2.05) is 4.90 Å². The van der Waals surface area contributed by atoms with E-state index >= 15 is 0 Å². The first-order valence-corrected chi connectivity index (χ1v) is 9.25. The molecule has 1 amide bonds. The summed E-state index contributed by atoms with van der Waals surface area (Å²) in [5.41, 5.74) is 0. The first kappa shape index (κ1) is 15.7. The summed E-state index contributed by atoms with van der Waals surface area (Å²) >= 11 is 0. The van der Waals surface area contributed by atoms with E-state index in [1.165, 1.54) is 10.6 Å². The Morgan fingerprint density at radius 2 is 1.75 bits per heavy atom. The van der Waals surface area contributed by atoms with Crippen molar-refractivity contribution in [1.29, 1.82) is 0 Å². The highest BCUT2D eigenvalue weighted by Crippen LogP contribution is 2.18. The number of carbonyl (C=O) groups excluding carboxylic acids is 1. The lowest BCUT2D eigenvalue weighted by molar-refractivity contribution is -0.132. The summed E-state index contributed by atoms with van der Waals surface area (Å²) in [6.07, 6.45) is 5.11. The molecule has 0 bridgehead atoms. The Kier molecular flexibility index (Phi) is 5.40. The normalized spacial score (nSPS) is 22.9. The molecule has 0 spiro atoms. The van der Waals surface area contributed by atoms with Crippen LogP contribution in [0.4, 0.5) is 0 Å². The molecule has 116 valence electrons. The van der Waals surface area contributed by atoms with E-state index in [0.717, 1.165) is 32.4 Å². The van der Waals surface area contributed by atoms with Crippen LogP contribution in [-0.2, 0) is 14.8 Å². The molecule has 6 nitrogen and oxygen atoms in total. The minimum Gasteiger partial charge on any atom is -0.340 e. The lowest BCUT2D eigenvalue weighted by atomic mass is 9.93. The fourth-order valence-corrected chi connectivity index (χ4v) is 3.75. The van der Waals surface area contributed by atoms with E-state index < -0.39 is 10.0 Å². The van der Waals surface area contributed by atoms with Crippen molar-refractivity contribution >= 4 is 15.9 Å². The number of rotatable bonds is 4. The highest BCUT2D eigenvalue weighted by molar-refractivity contribution is 7.88. The summed E-state index contributed by atoms with van der Waals surface area (Å²) in [7, 11) is -3.12. The number of sulfonamides is 1. The topological polar surface area (TPSA) is 69.7 Å². The molecule has 1 N–H and O–H groups in total. The maximum absolute atomic E-state index is 12.1. The summed E-state index contributed by atoms with van der Waals surface area (Å²) in [6, 6.07) is 0. The minimum absolute atomic E-state index is 0.177. The molecule has 0 unspecified atom stereocenters. The van der Waals surface area contributed by atoms with Crippen LogP contribution in [0.2, 0.25) is 0 Å². The first-order chi connectivity index (χ1) is 9.47. The molecule has 0 saturated carbocycles. The molecule has 2 heterocycles. The van der Waals surface area contributed by atoms with Gasteiger partial charge in [-0.25, -0.2) is 8.42 Å². The predicted octanol–water partition coefficient (Wildman–Crippen LogP) is -0.130. The molecule has 0 aliphatic carbocycles. The third kappa shape index (κ3) is 4.43. The highest BCUT2D eigenvalue weighted by atomic mass is 32.2. The molecule has 2 aliphatic heterocycles. The molecule has 0 radical (unpaired) electrons. The molecule has 2 aliphatic rings. The van der Waals surface area contributed by atoms with E-state index in [2.05, 4.69) is 5.32 Å². The van der Waals surface area contributed by atoms with Crippen molar-refractivity contribution in [3.63, 3.8) is 0 Å². The van der Waals surface area contributed by atoms with E-state index in [-0.39, 0.29) is 5.91 Å². The molecular formula is C13H25N3O3S. The van der Waals surface area contributed by atoms with Gasteiger partial charge in [0.15, 0.2) is 0 Å². The smallest absolute Gasteiger partial charge is 0.222 e. The van der Waals surface area contributed by atoms with Gasteiger partial charge >= 0.3 is 0 Å². The van der Waals surface area contributed by atoms with Gasteiger partial charge in [0, 0.05) is 32.6 Å². The SMILES string of the molecule is CS(=O)(=O)N1CCN(C(=O)CCC2CCNCC2)CC1. The van der Waals surface area contributed by atoms with Crippen molar-refractivity contribution < 1.29 is 13.2 Å². The number of nitrogens with one attached hydrogen (secondary N) is 1. The molecule has 2 fully saturated rings. The lowest BCUT2D eigenvalue weighted by Gasteiger charge is -2.33. The zero-order valence-corrected chi connectivity index (χ0v) is 13.0. The summed E-state index contributed by atoms with van der Waals surface area (Å²) in [5, 5.41) is 3.33. The van der Waals surface area contributed by atoms with Crippen LogP contribution in [0.3, 0.4) is 0 Å². The van der Waals surface area contributed by atoms with Crippen molar-refractivity contribution in [1.82, 2.24) is 14.5 Å². The Balaban J connectivity index is 1.71. The highest BCUT2D eigenvalue weighted by Gasteiger charge is 2.26. The average Bonchev–Trinajstić information content (AvgIpc) is 2.45. The average molecular weight is 303 g/mol. The van der Waals surface area contributed by atoms with Gasteiger partial charge < -0.3 is 10.2 Å². The zero-order valence-electron chi connectivity index (χ0n) is 12.2. The molecule has 0 atom stereocenters. The van der Waals surface area contributed by atoms with Crippen LogP contribution in [0.15, 0.2) is 0 Å². The largest absolute Gasteiger partial charge is 0.340 e. The van der Waals surface area contributed by atoms with Gasteiger partial charge in [0.05, 0.1) is 6.26 Å². The van der Waals surface area contributed by atoms with E-state index in [0.29, 0.717) is 38.5 Å². The number of piperidine rings is 1. The Hall–Kier alpha value is -0.660. The Morgan fingerprint density at radius 3 is 2.30 bits per heavy atom. The van der Waals surface area contributed by atoms with Crippen molar-refractivity contribution in [2.75, 3.05) is 45.5 Å². The van der Waals surface area contributed by atoms with Crippen LogP contribution in [0.5, 0.6) is 0 Å². The van der Waals surface area contributed by atoms with E-state index in [9.17, 15) is 13.2 Å². The second kappa shape index (κ2) is 6.87. The van der Waals surface area contributed by atoms with Crippen LogP contribution < -0.4 is 5.32 Å². The fourth-order valence-electron chi connectivity index (χ4n) is 2.93. The number of hydrogen-bond acceptors (Lipinski definition) is 4. The molecule has 0 aromatic rings. The van der Waals surface area contributed by atoms with Gasteiger partial charge in [-0.1, -0.05) is 0 Å². The van der Waals surface area contributed by atoms with Crippen molar-refractivity contribution in [2.24, 2.45) is 5.92 Å². The molecule has 7 heteroatoms. The van der Waals surface area contributed by atoms with Crippen LogP contribution in [0, 0.1) is 5.92 Å². The number of amides is 1. The Labute approximate surface area is 121 Å². The number of nitrogens with zero attached hydrogens (tertiary/aromatic N) is 2. The molecule has 0 aromatic carbocycles. The number of hydrogen-bond donors (Lipinski definition) is 1. The monoisotopic (exact) mass is 303 g/mol. The van der Waals surface area contributed by atoms with Crippen LogP contribution in [-0.4, -0.2) is 69.1 Å². The van der Waals surface area contributed by atoms with Crippen molar-refractivity contribution in [3.8, 4) is 0 Å². The molecule has 2 saturated heterocycles. The molecular weight excluding hydrogens is 278 g/mol. The minimum atomic E-state index is -3.12.